The molecule has 6 nitrogen and oxygen atoms in total. The molecule has 1 saturated heterocycles. The third kappa shape index (κ3) is 3.98. The van der Waals surface area contributed by atoms with Gasteiger partial charge in [0.2, 0.25) is 11.8 Å². The predicted octanol–water partition coefficient (Wildman–Crippen LogP) is 0.926. The summed E-state index contributed by atoms with van der Waals surface area (Å²) >= 11 is 0. The molecule has 2 amide bonds. The largest absolute Gasteiger partial charge is 0.399 e. The molecule has 0 radical (unpaired) electrons. The Balaban J connectivity index is 1.96. The summed E-state index contributed by atoms with van der Waals surface area (Å²) in [6.45, 7) is 3.86. The highest BCUT2D eigenvalue weighted by Gasteiger charge is 2.34. The quantitative estimate of drug-likeness (QED) is 0.793. The Hall–Kier alpha value is -2.08. The van der Waals surface area contributed by atoms with Gasteiger partial charge in [-0.1, -0.05) is 6.07 Å². The number of nitrogens with two attached hydrogens (primary N) is 1. The van der Waals surface area contributed by atoms with E-state index in [0.29, 0.717) is 24.5 Å². The van der Waals surface area contributed by atoms with Gasteiger partial charge in [-0.25, -0.2) is 0 Å². The summed E-state index contributed by atoms with van der Waals surface area (Å²) in [6, 6.07) is 5.41. The summed E-state index contributed by atoms with van der Waals surface area (Å²) < 4.78 is 0. The van der Waals surface area contributed by atoms with Crippen LogP contribution < -0.4 is 11.1 Å². The number of nitrogens with one attached hydrogen (secondary N) is 1. The number of nitrogens with zero attached hydrogens (tertiary/aromatic N) is 2. The van der Waals surface area contributed by atoms with Crippen molar-refractivity contribution in [2.75, 3.05) is 44.8 Å². The Labute approximate surface area is 131 Å². The lowest BCUT2D eigenvalue weighted by Crippen LogP contribution is -2.34. The van der Waals surface area contributed by atoms with Crippen LogP contribution >= 0.6 is 0 Å². The number of carbonyl (C=O) groups excluding carboxylic acids is 2. The Bertz CT molecular complexity index is 571. The van der Waals surface area contributed by atoms with Crippen molar-refractivity contribution in [3.8, 4) is 0 Å². The van der Waals surface area contributed by atoms with Crippen LogP contribution in [0.1, 0.15) is 12.0 Å². The zero-order chi connectivity index (χ0) is 16.3. The highest BCUT2D eigenvalue weighted by molar-refractivity contribution is 5.97. The molecule has 1 aliphatic heterocycles. The van der Waals surface area contributed by atoms with Crippen LogP contribution in [-0.4, -0.2) is 55.3 Å². The van der Waals surface area contributed by atoms with E-state index < -0.39 is 0 Å². The molecule has 1 aliphatic rings. The fraction of sp³-hybridized carbons (Fsp3) is 0.500. The number of aryl methyl sites for hydroxylation is 1. The Morgan fingerprint density at radius 3 is 2.86 bits per heavy atom. The topological polar surface area (TPSA) is 78.7 Å². The van der Waals surface area contributed by atoms with Gasteiger partial charge in [-0.2, -0.15) is 0 Å². The van der Waals surface area contributed by atoms with Crippen LogP contribution in [-0.2, 0) is 9.59 Å². The lowest BCUT2D eigenvalue weighted by Gasteiger charge is -2.19. The van der Waals surface area contributed by atoms with Gasteiger partial charge in [0, 0.05) is 37.4 Å². The fourth-order valence-corrected chi connectivity index (χ4v) is 2.49. The van der Waals surface area contributed by atoms with E-state index in [4.69, 9.17) is 5.73 Å². The summed E-state index contributed by atoms with van der Waals surface area (Å²) in [6.07, 6.45) is 0.278. The van der Waals surface area contributed by atoms with Gasteiger partial charge in [0.05, 0.1) is 5.92 Å². The van der Waals surface area contributed by atoms with Gasteiger partial charge >= 0.3 is 0 Å². The van der Waals surface area contributed by atoms with Crippen molar-refractivity contribution < 1.29 is 9.59 Å². The van der Waals surface area contributed by atoms with E-state index in [1.54, 1.807) is 17.0 Å². The first-order valence-corrected chi connectivity index (χ1v) is 7.46. The number of hydrogen-bond donors (Lipinski definition) is 2. The summed E-state index contributed by atoms with van der Waals surface area (Å²) in [7, 11) is 3.93. The van der Waals surface area contributed by atoms with Crippen molar-refractivity contribution in [3.05, 3.63) is 23.8 Å². The van der Waals surface area contributed by atoms with Gasteiger partial charge in [0.1, 0.15) is 0 Å². The molecule has 2 rings (SSSR count). The van der Waals surface area contributed by atoms with Crippen LogP contribution in [0.2, 0.25) is 0 Å². The molecule has 0 aromatic heterocycles. The van der Waals surface area contributed by atoms with Gasteiger partial charge in [-0.15, -0.1) is 0 Å². The maximum atomic E-state index is 12.4. The summed E-state index contributed by atoms with van der Waals surface area (Å²) in [4.78, 5) is 28.1. The second kappa shape index (κ2) is 6.79. The van der Waals surface area contributed by atoms with Gasteiger partial charge in [0.25, 0.3) is 0 Å². The van der Waals surface area contributed by atoms with Crippen LogP contribution in [0.5, 0.6) is 0 Å². The Morgan fingerprint density at radius 2 is 2.18 bits per heavy atom. The number of benzene rings is 1. The molecule has 1 heterocycles. The molecule has 1 unspecified atom stereocenters. The maximum absolute atomic E-state index is 12.4. The van der Waals surface area contributed by atoms with Crippen molar-refractivity contribution in [1.29, 1.82) is 0 Å². The number of carbonyl (C=O) groups is 2. The molecule has 0 spiro atoms. The second-order valence-corrected chi connectivity index (χ2v) is 6.11. The molecular formula is C16H24N4O2. The van der Waals surface area contributed by atoms with Crippen LogP contribution in [0.15, 0.2) is 18.2 Å². The fourth-order valence-electron chi connectivity index (χ4n) is 2.49. The molecule has 120 valence electrons. The minimum Gasteiger partial charge on any atom is -0.399 e. The smallest absolute Gasteiger partial charge is 0.229 e. The van der Waals surface area contributed by atoms with Gasteiger partial charge in [-0.3, -0.25) is 9.59 Å². The Morgan fingerprint density at radius 1 is 1.45 bits per heavy atom. The van der Waals surface area contributed by atoms with E-state index in [-0.39, 0.29) is 24.2 Å². The summed E-state index contributed by atoms with van der Waals surface area (Å²) in [5, 5.41) is 2.89. The first-order valence-electron chi connectivity index (χ1n) is 7.46. The number of likely N-dealkylation sites (tertiary alicyclic amines) is 1. The standard InChI is InChI=1S/C16H24N4O2/c1-11-4-5-13(17)9-14(11)18-16(22)12-8-15(21)20(10-12)7-6-19(2)3/h4-5,9,12H,6-8,10,17H2,1-3H3,(H,18,22). The van der Waals surface area contributed by atoms with Crippen molar-refractivity contribution in [1.82, 2.24) is 9.80 Å². The zero-order valence-corrected chi connectivity index (χ0v) is 13.4. The second-order valence-electron chi connectivity index (χ2n) is 6.11. The van der Waals surface area contributed by atoms with Crippen LogP contribution in [0, 0.1) is 12.8 Å². The van der Waals surface area contributed by atoms with Crippen molar-refractivity contribution >= 4 is 23.2 Å². The van der Waals surface area contributed by atoms with Gasteiger partial charge in [-0.05, 0) is 38.7 Å². The third-order valence-corrected chi connectivity index (χ3v) is 3.92. The first kappa shape index (κ1) is 16.3. The zero-order valence-electron chi connectivity index (χ0n) is 13.4. The molecule has 1 fully saturated rings. The van der Waals surface area contributed by atoms with Gasteiger partial charge in [0.15, 0.2) is 0 Å². The Kier molecular flexibility index (Phi) is 5.03. The predicted molar refractivity (Wildman–Crippen MR) is 87.5 cm³/mol. The number of likely N-dealkylation sites (N-methyl/N-ethyl adjacent to an activating group) is 1. The average molecular weight is 304 g/mol. The van der Waals surface area contributed by atoms with E-state index in [2.05, 4.69) is 5.32 Å². The number of amides is 2. The summed E-state index contributed by atoms with van der Waals surface area (Å²) in [5.41, 5.74) is 8.02. The van der Waals surface area contributed by atoms with Crippen molar-refractivity contribution in [2.45, 2.75) is 13.3 Å². The third-order valence-electron chi connectivity index (χ3n) is 3.92. The SMILES string of the molecule is Cc1ccc(N)cc1NC(=O)C1CC(=O)N(CCN(C)C)C1. The summed E-state index contributed by atoms with van der Waals surface area (Å²) in [5.74, 6) is -0.365. The highest BCUT2D eigenvalue weighted by Crippen LogP contribution is 2.22. The first-order chi connectivity index (χ1) is 10.4. The number of anilines is 2. The minimum absolute atomic E-state index is 0.0475. The number of nitrogen functional groups attached to an aromatic ring is 1. The molecule has 0 saturated carbocycles. The lowest BCUT2D eigenvalue weighted by atomic mass is 10.1. The van der Waals surface area contributed by atoms with Gasteiger partial charge < -0.3 is 20.9 Å². The monoisotopic (exact) mass is 304 g/mol. The van der Waals surface area contributed by atoms with E-state index in [1.807, 2.05) is 32.0 Å². The molecule has 6 heteroatoms. The molecular weight excluding hydrogens is 280 g/mol. The molecule has 0 aliphatic carbocycles. The van der Waals surface area contributed by atoms with E-state index in [0.717, 1.165) is 12.1 Å². The average Bonchev–Trinajstić information content (AvgIpc) is 2.82. The molecule has 1 aromatic carbocycles. The molecule has 1 atom stereocenters. The number of hydrogen-bond acceptors (Lipinski definition) is 4. The van der Waals surface area contributed by atoms with Crippen LogP contribution in [0.25, 0.3) is 0 Å². The van der Waals surface area contributed by atoms with Crippen LogP contribution in [0.3, 0.4) is 0 Å². The minimum atomic E-state index is -0.296. The van der Waals surface area contributed by atoms with E-state index in [9.17, 15) is 9.59 Å². The van der Waals surface area contributed by atoms with E-state index in [1.165, 1.54) is 0 Å². The normalized spacial score (nSPS) is 18.1. The molecule has 3 N–H and O–H groups in total. The number of rotatable bonds is 5. The molecule has 0 bridgehead atoms. The highest BCUT2D eigenvalue weighted by atomic mass is 16.2. The van der Waals surface area contributed by atoms with Crippen molar-refractivity contribution in [2.24, 2.45) is 5.92 Å². The van der Waals surface area contributed by atoms with Crippen molar-refractivity contribution in [3.63, 3.8) is 0 Å². The van der Waals surface area contributed by atoms with Crippen LogP contribution in [0.4, 0.5) is 11.4 Å². The van der Waals surface area contributed by atoms with E-state index >= 15 is 0 Å². The maximum Gasteiger partial charge on any atom is 0.229 e. The molecule has 22 heavy (non-hydrogen) atoms. The lowest BCUT2D eigenvalue weighted by molar-refractivity contribution is -0.128. The molecule has 1 aromatic rings.